The second kappa shape index (κ2) is 8.33. The molecule has 194 valence electrons. The van der Waals surface area contributed by atoms with Crippen molar-refractivity contribution in [2.24, 2.45) is 5.41 Å². The zero-order valence-electron chi connectivity index (χ0n) is 15.7. The summed E-state index contributed by atoms with van der Waals surface area (Å²) in [5.41, 5.74) is -3.54. The molecule has 0 aromatic heterocycles. The molecule has 0 spiro atoms. The molecular weight excluding hydrogens is 523 g/mol. The SMILES string of the molecule is CC(C)(CO[SiH3])C(F)(F)C(F)(F)C(F)(F)C(F)(F)C(F)(F)C(F)(F)C(F)(F)C(F)C(F)F. The van der Waals surface area contributed by atoms with Crippen LogP contribution in [0.5, 0.6) is 0 Å². The Morgan fingerprint density at radius 1 is 0.562 bits per heavy atom. The van der Waals surface area contributed by atoms with Gasteiger partial charge in [0.05, 0.1) is 5.41 Å². The molecule has 0 rings (SSSR count). The van der Waals surface area contributed by atoms with Crippen LogP contribution in [-0.4, -0.2) is 71.1 Å². The van der Waals surface area contributed by atoms with Crippen molar-refractivity contribution in [3.05, 3.63) is 0 Å². The van der Waals surface area contributed by atoms with Gasteiger partial charge in [0.25, 0.3) is 6.43 Å². The van der Waals surface area contributed by atoms with Crippen LogP contribution < -0.4 is 0 Å². The summed E-state index contributed by atoms with van der Waals surface area (Å²) in [6, 6.07) is 0. The lowest BCUT2D eigenvalue weighted by Crippen LogP contribution is -2.75. The molecule has 19 heteroatoms. The molecular formula is C13H13F17OSi. The Hall–Kier alpha value is -1.01. The lowest BCUT2D eigenvalue weighted by Gasteiger charge is -2.45. The largest absolute Gasteiger partial charge is 0.427 e. The lowest BCUT2D eigenvalue weighted by atomic mass is 9.78. The summed E-state index contributed by atoms with van der Waals surface area (Å²) < 4.78 is 231. The van der Waals surface area contributed by atoms with E-state index in [2.05, 4.69) is 4.43 Å². The van der Waals surface area contributed by atoms with Crippen LogP contribution in [0, 0.1) is 5.41 Å². The van der Waals surface area contributed by atoms with Crippen molar-refractivity contribution in [2.45, 2.75) is 67.9 Å². The van der Waals surface area contributed by atoms with Crippen molar-refractivity contribution in [1.29, 1.82) is 0 Å². The van der Waals surface area contributed by atoms with Crippen LogP contribution in [0.3, 0.4) is 0 Å². The van der Waals surface area contributed by atoms with Crippen molar-refractivity contribution in [3.63, 3.8) is 0 Å². The molecule has 0 aromatic carbocycles. The standard InChI is InChI=1S/C13H13F17OSi/c1-6(2,3-31-32)8(19,20)10(23,24)12(27,28)13(29,30)11(25,26)9(21,22)7(17,18)4(14)5(15)16/h4-5H,3H2,1-2,32H3. The van der Waals surface area contributed by atoms with E-state index in [-0.39, 0.29) is 13.8 Å². The first kappa shape index (κ1) is 31.0. The van der Waals surface area contributed by atoms with Gasteiger partial charge in [0.15, 0.2) is 0 Å². The van der Waals surface area contributed by atoms with Crippen molar-refractivity contribution in [3.8, 4) is 0 Å². The molecule has 0 saturated heterocycles. The minimum atomic E-state index is -8.46. The van der Waals surface area contributed by atoms with E-state index in [4.69, 9.17) is 0 Å². The topological polar surface area (TPSA) is 9.23 Å². The van der Waals surface area contributed by atoms with Crippen LogP contribution in [-0.2, 0) is 4.43 Å². The van der Waals surface area contributed by atoms with Crippen molar-refractivity contribution >= 4 is 10.5 Å². The van der Waals surface area contributed by atoms with Gasteiger partial charge in [-0.3, -0.25) is 0 Å². The smallest absolute Gasteiger partial charge is 0.384 e. The summed E-state index contributed by atoms with van der Waals surface area (Å²) in [6.45, 7) is -1.56. The highest BCUT2D eigenvalue weighted by Crippen LogP contribution is 2.64. The highest BCUT2D eigenvalue weighted by atomic mass is 28.2. The molecule has 0 heterocycles. The monoisotopic (exact) mass is 536 g/mol. The van der Waals surface area contributed by atoms with E-state index in [9.17, 15) is 74.6 Å². The first-order chi connectivity index (χ1) is 13.7. The van der Waals surface area contributed by atoms with Crippen LogP contribution in [0.4, 0.5) is 74.6 Å². The van der Waals surface area contributed by atoms with Crippen molar-refractivity contribution in [1.82, 2.24) is 0 Å². The minimum Gasteiger partial charge on any atom is -0.427 e. The number of halogens is 17. The Balaban J connectivity index is 6.80. The Labute approximate surface area is 170 Å². The fourth-order valence-corrected chi connectivity index (χ4v) is 2.93. The molecule has 0 bridgehead atoms. The summed E-state index contributed by atoms with van der Waals surface area (Å²) in [7, 11) is -0.515. The second-order valence-electron chi connectivity index (χ2n) is 7.12. The molecule has 0 amide bonds. The molecule has 0 N–H and O–H groups in total. The van der Waals surface area contributed by atoms with Crippen LogP contribution in [0.2, 0.25) is 0 Å². The fourth-order valence-electron chi connectivity index (χ4n) is 2.21. The third-order valence-corrected chi connectivity index (χ3v) is 4.60. The minimum absolute atomic E-state index is 0.00423. The summed E-state index contributed by atoms with van der Waals surface area (Å²) in [5, 5.41) is 0. The molecule has 1 nitrogen and oxygen atoms in total. The maximum Gasteiger partial charge on any atom is 0.384 e. The van der Waals surface area contributed by atoms with E-state index in [1.807, 2.05) is 0 Å². The van der Waals surface area contributed by atoms with Gasteiger partial charge in [0, 0.05) is 6.61 Å². The Kier molecular flexibility index (Phi) is 8.07. The molecule has 1 atom stereocenters. The second-order valence-corrected chi connectivity index (χ2v) is 7.70. The van der Waals surface area contributed by atoms with Crippen molar-refractivity contribution in [2.75, 3.05) is 6.61 Å². The van der Waals surface area contributed by atoms with Crippen LogP contribution in [0.1, 0.15) is 13.8 Å². The van der Waals surface area contributed by atoms with Gasteiger partial charge in [-0.25, -0.2) is 13.2 Å². The predicted octanol–water partition coefficient (Wildman–Crippen LogP) is 5.36. The summed E-state index contributed by atoms with van der Waals surface area (Å²) in [4.78, 5) is 0. The van der Waals surface area contributed by atoms with Gasteiger partial charge in [-0.05, 0) is 0 Å². The summed E-state index contributed by atoms with van der Waals surface area (Å²) in [5.74, 6) is -54.9. The van der Waals surface area contributed by atoms with E-state index in [0.717, 1.165) is 0 Å². The molecule has 0 aliphatic rings. The molecule has 0 aliphatic carbocycles. The quantitative estimate of drug-likeness (QED) is 0.255. The zero-order chi connectivity index (χ0) is 26.6. The Morgan fingerprint density at radius 3 is 1.12 bits per heavy atom. The van der Waals surface area contributed by atoms with Crippen LogP contribution in [0.15, 0.2) is 0 Å². The van der Waals surface area contributed by atoms with E-state index in [1.54, 1.807) is 0 Å². The normalized spacial score (nSPS) is 17.2. The average Bonchev–Trinajstić information content (AvgIpc) is 2.59. The van der Waals surface area contributed by atoms with E-state index >= 15 is 0 Å². The highest BCUT2D eigenvalue weighted by molar-refractivity contribution is 5.97. The predicted molar refractivity (Wildman–Crippen MR) is 75.2 cm³/mol. The van der Waals surface area contributed by atoms with Gasteiger partial charge in [-0.15, -0.1) is 0 Å². The van der Waals surface area contributed by atoms with Gasteiger partial charge < -0.3 is 4.43 Å². The van der Waals surface area contributed by atoms with Gasteiger partial charge in [0.1, 0.15) is 10.5 Å². The number of alkyl halides is 17. The van der Waals surface area contributed by atoms with Crippen molar-refractivity contribution < 1.29 is 79.1 Å². The van der Waals surface area contributed by atoms with E-state index in [1.165, 1.54) is 0 Å². The summed E-state index contributed by atoms with van der Waals surface area (Å²) in [6.07, 6.45) is -10.9. The molecule has 1 unspecified atom stereocenters. The molecule has 0 aromatic rings. The third-order valence-electron chi connectivity index (χ3n) is 4.31. The van der Waals surface area contributed by atoms with E-state index in [0.29, 0.717) is 0 Å². The maximum absolute atomic E-state index is 14.0. The number of hydrogen-bond donors (Lipinski definition) is 0. The molecule has 0 fully saturated rings. The van der Waals surface area contributed by atoms with Gasteiger partial charge in [-0.1, -0.05) is 13.8 Å². The first-order valence-corrected chi connectivity index (χ1v) is 8.54. The molecule has 0 radical (unpaired) electrons. The van der Waals surface area contributed by atoms with Crippen LogP contribution in [0.25, 0.3) is 0 Å². The van der Waals surface area contributed by atoms with Crippen LogP contribution >= 0.6 is 0 Å². The summed E-state index contributed by atoms with van der Waals surface area (Å²) >= 11 is 0. The Bertz CT molecular complexity index is 659. The maximum atomic E-state index is 14.0. The van der Waals surface area contributed by atoms with Gasteiger partial charge in [-0.2, -0.15) is 61.5 Å². The number of rotatable bonds is 11. The van der Waals surface area contributed by atoms with Gasteiger partial charge >= 0.3 is 41.5 Å². The molecule has 32 heavy (non-hydrogen) atoms. The highest BCUT2D eigenvalue weighted by Gasteiger charge is 2.94. The molecule has 0 aliphatic heterocycles. The lowest BCUT2D eigenvalue weighted by molar-refractivity contribution is -0.451. The first-order valence-electron chi connectivity index (χ1n) is 7.72. The third kappa shape index (κ3) is 3.93. The fraction of sp³-hybridized carbons (Fsp3) is 1.00. The average molecular weight is 536 g/mol. The van der Waals surface area contributed by atoms with E-state index < -0.39 is 76.6 Å². The molecule has 0 saturated carbocycles. The number of hydrogen-bond acceptors (Lipinski definition) is 1. The zero-order valence-corrected chi connectivity index (χ0v) is 17.7. The Morgan fingerprint density at radius 2 is 0.844 bits per heavy atom. The van der Waals surface area contributed by atoms with Gasteiger partial charge in [0.2, 0.25) is 6.17 Å².